The SMILES string of the molecule is Cc1c(F)cccc1NC(=O)c1cc(Cl)ccc1N. The van der Waals surface area contributed by atoms with Crippen LogP contribution in [0.5, 0.6) is 0 Å². The van der Waals surface area contributed by atoms with E-state index in [2.05, 4.69) is 5.32 Å². The Kier molecular flexibility index (Phi) is 3.71. The molecular weight excluding hydrogens is 267 g/mol. The van der Waals surface area contributed by atoms with Crippen LogP contribution in [0.1, 0.15) is 15.9 Å². The van der Waals surface area contributed by atoms with Gasteiger partial charge in [0, 0.05) is 22.0 Å². The summed E-state index contributed by atoms with van der Waals surface area (Å²) in [7, 11) is 0. The number of nitrogen functional groups attached to an aromatic ring is 1. The normalized spacial score (nSPS) is 10.3. The van der Waals surface area contributed by atoms with Crippen LogP contribution in [0, 0.1) is 12.7 Å². The van der Waals surface area contributed by atoms with E-state index >= 15 is 0 Å². The first-order valence-corrected chi connectivity index (χ1v) is 5.98. The molecule has 5 heteroatoms. The third kappa shape index (κ3) is 2.85. The molecule has 0 spiro atoms. The lowest BCUT2D eigenvalue weighted by Crippen LogP contribution is -2.15. The predicted octanol–water partition coefficient (Wildman–Crippen LogP) is 3.62. The van der Waals surface area contributed by atoms with Crippen molar-refractivity contribution in [3.05, 3.63) is 58.4 Å². The van der Waals surface area contributed by atoms with Gasteiger partial charge in [-0.15, -0.1) is 0 Å². The number of halogens is 2. The minimum atomic E-state index is -0.422. The standard InChI is InChI=1S/C14H12ClFN2O/c1-8-11(16)3-2-4-13(8)18-14(19)10-7-9(15)5-6-12(10)17/h2-7H,17H2,1H3,(H,18,19). The van der Waals surface area contributed by atoms with Crippen molar-refractivity contribution in [1.29, 1.82) is 0 Å². The fourth-order valence-electron chi connectivity index (χ4n) is 1.66. The number of rotatable bonds is 2. The topological polar surface area (TPSA) is 55.1 Å². The minimum Gasteiger partial charge on any atom is -0.398 e. The molecule has 0 aliphatic carbocycles. The van der Waals surface area contributed by atoms with Gasteiger partial charge in [-0.3, -0.25) is 4.79 Å². The molecule has 1 amide bonds. The Hall–Kier alpha value is -2.07. The molecule has 3 N–H and O–H groups in total. The summed E-state index contributed by atoms with van der Waals surface area (Å²) >= 11 is 5.82. The largest absolute Gasteiger partial charge is 0.398 e. The molecule has 0 heterocycles. The molecule has 0 saturated heterocycles. The van der Waals surface area contributed by atoms with Crippen molar-refractivity contribution in [2.24, 2.45) is 0 Å². The number of anilines is 2. The summed E-state index contributed by atoms with van der Waals surface area (Å²) in [4.78, 5) is 12.1. The van der Waals surface area contributed by atoms with Crippen LogP contribution >= 0.6 is 11.6 Å². The van der Waals surface area contributed by atoms with Crippen molar-refractivity contribution in [3.8, 4) is 0 Å². The number of amides is 1. The number of hydrogen-bond acceptors (Lipinski definition) is 2. The third-order valence-corrected chi connectivity index (χ3v) is 3.01. The Labute approximate surface area is 115 Å². The van der Waals surface area contributed by atoms with Gasteiger partial charge in [0.25, 0.3) is 5.91 Å². The van der Waals surface area contributed by atoms with Gasteiger partial charge < -0.3 is 11.1 Å². The van der Waals surface area contributed by atoms with Gasteiger partial charge >= 0.3 is 0 Å². The minimum absolute atomic E-state index is 0.260. The Balaban J connectivity index is 2.31. The Morgan fingerprint density at radius 2 is 2.05 bits per heavy atom. The van der Waals surface area contributed by atoms with Crippen molar-refractivity contribution >= 4 is 28.9 Å². The molecule has 0 saturated carbocycles. The van der Waals surface area contributed by atoms with Crippen LogP contribution in [0.3, 0.4) is 0 Å². The average Bonchev–Trinajstić information content (AvgIpc) is 2.38. The molecule has 0 aliphatic rings. The molecule has 0 aliphatic heterocycles. The number of carbonyl (C=O) groups is 1. The summed E-state index contributed by atoms with van der Waals surface area (Å²) in [6.45, 7) is 1.59. The second-order valence-corrected chi connectivity index (χ2v) is 4.53. The fraction of sp³-hybridized carbons (Fsp3) is 0.0714. The highest BCUT2D eigenvalue weighted by atomic mass is 35.5. The van der Waals surface area contributed by atoms with Crippen LogP contribution < -0.4 is 11.1 Å². The molecule has 3 nitrogen and oxygen atoms in total. The maximum atomic E-state index is 13.4. The Morgan fingerprint density at radius 3 is 2.79 bits per heavy atom. The number of carbonyl (C=O) groups excluding carboxylic acids is 1. The summed E-state index contributed by atoms with van der Waals surface area (Å²) in [5, 5.41) is 3.03. The van der Waals surface area contributed by atoms with Gasteiger partial charge in [-0.2, -0.15) is 0 Å². The summed E-state index contributed by atoms with van der Waals surface area (Å²) in [5.41, 5.74) is 7.07. The summed E-state index contributed by atoms with van der Waals surface area (Å²) in [6, 6.07) is 9.10. The molecule has 2 aromatic carbocycles. The van der Waals surface area contributed by atoms with Gasteiger partial charge in [0.15, 0.2) is 0 Å². The van der Waals surface area contributed by atoms with Gasteiger partial charge in [0.2, 0.25) is 0 Å². The van der Waals surface area contributed by atoms with Crippen LogP contribution in [-0.4, -0.2) is 5.91 Å². The van der Waals surface area contributed by atoms with Crippen LogP contribution in [-0.2, 0) is 0 Å². The molecule has 0 aromatic heterocycles. The Morgan fingerprint density at radius 1 is 1.32 bits per heavy atom. The summed E-state index contributed by atoms with van der Waals surface area (Å²) in [6.07, 6.45) is 0. The highest BCUT2D eigenvalue weighted by Gasteiger charge is 2.12. The molecule has 0 bridgehead atoms. The number of benzene rings is 2. The first kappa shape index (κ1) is 13.4. The van der Waals surface area contributed by atoms with Crippen LogP contribution in [0.2, 0.25) is 5.02 Å². The first-order chi connectivity index (χ1) is 8.99. The van der Waals surface area contributed by atoms with E-state index in [1.807, 2.05) is 0 Å². The van der Waals surface area contributed by atoms with E-state index in [9.17, 15) is 9.18 Å². The molecule has 0 radical (unpaired) electrons. The summed E-state index contributed by atoms with van der Waals surface area (Å²) in [5.74, 6) is -0.800. The van der Waals surface area contributed by atoms with E-state index in [0.29, 0.717) is 22.0 Å². The highest BCUT2D eigenvalue weighted by Crippen LogP contribution is 2.22. The van der Waals surface area contributed by atoms with Crippen LogP contribution in [0.4, 0.5) is 15.8 Å². The molecule has 0 fully saturated rings. The van der Waals surface area contributed by atoms with E-state index in [1.54, 1.807) is 25.1 Å². The number of nitrogens with two attached hydrogens (primary N) is 1. The molecule has 2 rings (SSSR count). The van der Waals surface area contributed by atoms with Crippen molar-refractivity contribution in [1.82, 2.24) is 0 Å². The van der Waals surface area contributed by atoms with Crippen molar-refractivity contribution in [2.45, 2.75) is 6.92 Å². The van der Waals surface area contributed by atoms with Gasteiger partial charge in [0.05, 0.1) is 5.56 Å². The van der Waals surface area contributed by atoms with E-state index in [4.69, 9.17) is 17.3 Å². The van der Waals surface area contributed by atoms with Gasteiger partial charge in [-0.25, -0.2) is 4.39 Å². The van der Waals surface area contributed by atoms with Gasteiger partial charge in [-0.05, 0) is 37.3 Å². The van der Waals surface area contributed by atoms with E-state index in [1.165, 1.54) is 18.2 Å². The quantitative estimate of drug-likeness (QED) is 0.824. The van der Waals surface area contributed by atoms with E-state index < -0.39 is 5.91 Å². The van der Waals surface area contributed by atoms with Crippen LogP contribution in [0.25, 0.3) is 0 Å². The second-order valence-electron chi connectivity index (χ2n) is 4.10. The number of hydrogen-bond donors (Lipinski definition) is 2. The molecule has 98 valence electrons. The zero-order valence-corrected chi connectivity index (χ0v) is 11.0. The summed E-state index contributed by atoms with van der Waals surface area (Å²) < 4.78 is 13.4. The average molecular weight is 279 g/mol. The molecular formula is C14H12ClFN2O. The lowest BCUT2D eigenvalue weighted by Gasteiger charge is -2.10. The smallest absolute Gasteiger partial charge is 0.257 e. The number of nitrogens with one attached hydrogen (secondary N) is 1. The zero-order chi connectivity index (χ0) is 14.0. The molecule has 0 atom stereocenters. The maximum Gasteiger partial charge on any atom is 0.257 e. The highest BCUT2D eigenvalue weighted by molar-refractivity contribution is 6.31. The monoisotopic (exact) mass is 278 g/mol. The van der Waals surface area contributed by atoms with Crippen molar-refractivity contribution in [3.63, 3.8) is 0 Å². The molecule has 19 heavy (non-hydrogen) atoms. The lowest BCUT2D eigenvalue weighted by molar-refractivity contribution is 0.102. The maximum absolute atomic E-state index is 13.4. The molecule has 2 aromatic rings. The van der Waals surface area contributed by atoms with Crippen molar-refractivity contribution < 1.29 is 9.18 Å². The third-order valence-electron chi connectivity index (χ3n) is 2.78. The van der Waals surface area contributed by atoms with Gasteiger partial charge in [0.1, 0.15) is 5.82 Å². The lowest BCUT2D eigenvalue weighted by atomic mass is 10.1. The predicted molar refractivity (Wildman–Crippen MR) is 75.0 cm³/mol. The van der Waals surface area contributed by atoms with Crippen LogP contribution in [0.15, 0.2) is 36.4 Å². The van der Waals surface area contributed by atoms with E-state index in [-0.39, 0.29) is 11.4 Å². The Bertz CT molecular complexity index is 643. The first-order valence-electron chi connectivity index (χ1n) is 5.60. The van der Waals surface area contributed by atoms with Gasteiger partial charge in [-0.1, -0.05) is 17.7 Å². The van der Waals surface area contributed by atoms with E-state index in [0.717, 1.165) is 0 Å². The van der Waals surface area contributed by atoms with Crippen molar-refractivity contribution in [2.75, 3.05) is 11.1 Å². The second kappa shape index (κ2) is 5.28. The zero-order valence-electron chi connectivity index (χ0n) is 10.2. The molecule has 0 unspecified atom stereocenters. The fourth-order valence-corrected chi connectivity index (χ4v) is 1.83.